The summed E-state index contributed by atoms with van der Waals surface area (Å²) in [5, 5.41) is 11.4. The zero-order valence-electron chi connectivity index (χ0n) is 20.7. The fourth-order valence-electron chi connectivity index (χ4n) is 5.09. The molecule has 35 heavy (non-hydrogen) atoms. The van der Waals surface area contributed by atoms with Crippen molar-refractivity contribution in [3.63, 3.8) is 0 Å². The molecule has 2 atom stereocenters. The lowest BCUT2D eigenvalue weighted by molar-refractivity contribution is -0.169. The van der Waals surface area contributed by atoms with Gasteiger partial charge >= 0.3 is 6.03 Å². The molecule has 1 aromatic heterocycles. The van der Waals surface area contributed by atoms with Crippen LogP contribution in [0.2, 0.25) is 0 Å². The summed E-state index contributed by atoms with van der Waals surface area (Å²) in [6.07, 6.45) is -1.00. The molecule has 8 heteroatoms. The fraction of sp³-hybridized carbons (Fsp3) is 0.407. The Morgan fingerprint density at radius 3 is 2.49 bits per heavy atom. The molecular weight excluding hydrogens is 446 g/mol. The highest BCUT2D eigenvalue weighted by molar-refractivity contribution is 6.04. The van der Waals surface area contributed by atoms with Gasteiger partial charge in [0.25, 0.3) is 0 Å². The number of aromatic nitrogens is 1. The van der Waals surface area contributed by atoms with E-state index in [1.165, 1.54) is 4.90 Å². The molecule has 1 N–H and O–H groups in total. The fourth-order valence-corrected chi connectivity index (χ4v) is 5.09. The van der Waals surface area contributed by atoms with Crippen LogP contribution in [0.3, 0.4) is 0 Å². The smallest absolute Gasteiger partial charge is 0.326 e. The number of likely N-dealkylation sites (N-methyl/N-ethyl adjacent to an activating group) is 1. The van der Waals surface area contributed by atoms with Crippen LogP contribution in [0.5, 0.6) is 5.75 Å². The van der Waals surface area contributed by atoms with Crippen molar-refractivity contribution in [1.29, 1.82) is 0 Å². The van der Waals surface area contributed by atoms with E-state index >= 15 is 0 Å². The molecule has 0 saturated carbocycles. The number of carbonyl (C=O) groups excluding carboxylic acids is 2. The number of amides is 3. The highest BCUT2D eigenvalue weighted by Gasteiger charge is 2.44. The molecular formula is C27H31N3O5. The first-order chi connectivity index (χ1) is 16.6. The molecule has 3 aromatic rings. The van der Waals surface area contributed by atoms with Crippen LogP contribution in [0, 0.1) is 0 Å². The number of methoxy groups -OCH3 is 1. The van der Waals surface area contributed by atoms with E-state index in [1.54, 1.807) is 19.1 Å². The summed E-state index contributed by atoms with van der Waals surface area (Å²) in [4.78, 5) is 28.7. The summed E-state index contributed by atoms with van der Waals surface area (Å²) in [6.45, 7) is 7.09. The maximum Gasteiger partial charge on any atom is 0.326 e. The van der Waals surface area contributed by atoms with Gasteiger partial charge in [-0.1, -0.05) is 24.3 Å². The van der Waals surface area contributed by atoms with Gasteiger partial charge in [0, 0.05) is 42.8 Å². The van der Waals surface area contributed by atoms with Crippen molar-refractivity contribution in [3.05, 3.63) is 64.8 Å². The Morgan fingerprint density at radius 1 is 1.11 bits per heavy atom. The van der Waals surface area contributed by atoms with Crippen molar-refractivity contribution >= 4 is 22.8 Å². The van der Waals surface area contributed by atoms with Crippen molar-refractivity contribution in [1.82, 2.24) is 14.4 Å². The Bertz CT molecular complexity index is 1310. The second-order valence-electron chi connectivity index (χ2n) is 10.3. The molecule has 0 radical (unpaired) electrons. The van der Waals surface area contributed by atoms with Crippen molar-refractivity contribution in [2.45, 2.75) is 51.7 Å². The minimum absolute atomic E-state index is 0.167. The summed E-state index contributed by atoms with van der Waals surface area (Å²) < 4.78 is 13.3. The molecule has 3 heterocycles. The van der Waals surface area contributed by atoms with Crippen LogP contribution in [-0.4, -0.2) is 57.7 Å². The number of aliphatic hydroxyl groups is 1. The van der Waals surface area contributed by atoms with Gasteiger partial charge < -0.3 is 24.0 Å². The van der Waals surface area contributed by atoms with Crippen molar-refractivity contribution < 1.29 is 24.2 Å². The third-order valence-corrected chi connectivity index (χ3v) is 6.77. The van der Waals surface area contributed by atoms with Crippen molar-refractivity contribution in [2.24, 2.45) is 0 Å². The standard InChI is InChI=1S/C27H31N3O5/c1-27(2,3)35-25(32)17-8-6-16(7-9-17)13-30-21-12-18(34-5)10-11-19(21)23-20-14-29(15-22(23)30)26(33)28(4)24(20)31/h6-12,20,25,32H,13-15H2,1-5H3. The largest absolute Gasteiger partial charge is 0.497 e. The first-order valence-electron chi connectivity index (χ1n) is 11.8. The van der Waals surface area contributed by atoms with E-state index in [9.17, 15) is 14.7 Å². The van der Waals surface area contributed by atoms with Crippen LogP contribution in [0.1, 0.15) is 55.4 Å². The zero-order chi connectivity index (χ0) is 25.1. The molecule has 184 valence electrons. The second kappa shape index (κ2) is 8.39. The number of urea groups is 1. The average molecular weight is 478 g/mol. The molecule has 8 nitrogen and oxygen atoms in total. The van der Waals surface area contributed by atoms with Crippen LogP contribution in [0.4, 0.5) is 4.79 Å². The molecule has 2 aliphatic heterocycles. The highest BCUT2D eigenvalue weighted by atomic mass is 16.6. The Morgan fingerprint density at radius 2 is 1.83 bits per heavy atom. The third-order valence-electron chi connectivity index (χ3n) is 6.77. The van der Waals surface area contributed by atoms with Gasteiger partial charge in [-0.3, -0.25) is 9.69 Å². The van der Waals surface area contributed by atoms with Crippen LogP contribution >= 0.6 is 0 Å². The lowest BCUT2D eigenvalue weighted by atomic mass is 9.89. The molecule has 2 bridgehead atoms. The SMILES string of the molecule is COc1ccc2c3c(n(Cc4ccc(C(O)OC(C)(C)C)cc4)c2c1)CN1CC3C(=O)N(C)C1=O. The first-order valence-corrected chi connectivity index (χ1v) is 11.8. The van der Waals surface area contributed by atoms with E-state index in [4.69, 9.17) is 9.47 Å². The van der Waals surface area contributed by atoms with Crippen molar-refractivity contribution in [2.75, 3.05) is 20.7 Å². The molecule has 2 unspecified atom stereocenters. The molecule has 0 spiro atoms. The number of aliphatic hydroxyl groups excluding tert-OH is 1. The maximum atomic E-state index is 13.1. The Labute approximate surface area is 204 Å². The lowest BCUT2D eigenvalue weighted by Gasteiger charge is -2.41. The third kappa shape index (κ3) is 4.06. The predicted octanol–water partition coefficient (Wildman–Crippen LogP) is 4.00. The van der Waals surface area contributed by atoms with E-state index in [0.29, 0.717) is 25.2 Å². The topological polar surface area (TPSA) is 84.2 Å². The molecule has 5 rings (SSSR count). The van der Waals surface area contributed by atoms with Crippen molar-refractivity contribution in [3.8, 4) is 5.75 Å². The van der Waals surface area contributed by atoms with Gasteiger partial charge in [0.05, 0.1) is 30.7 Å². The Hall–Kier alpha value is -3.36. The number of hydrogen-bond donors (Lipinski definition) is 1. The number of imide groups is 1. The molecule has 0 aliphatic carbocycles. The Balaban J connectivity index is 1.56. The van der Waals surface area contributed by atoms with Gasteiger partial charge in [-0.05, 0) is 44.0 Å². The minimum Gasteiger partial charge on any atom is -0.497 e. The van der Waals surface area contributed by atoms with E-state index in [1.807, 2.05) is 63.2 Å². The number of carbonyl (C=O) groups is 2. The number of fused-ring (bicyclic) bond motifs is 6. The molecule has 2 aromatic carbocycles. The van der Waals surface area contributed by atoms with Crippen LogP contribution in [-0.2, 0) is 22.6 Å². The zero-order valence-corrected chi connectivity index (χ0v) is 20.7. The van der Waals surface area contributed by atoms with E-state index in [-0.39, 0.29) is 17.9 Å². The summed E-state index contributed by atoms with van der Waals surface area (Å²) in [7, 11) is 3.18. The van der Waals surface area contributed by atoms with Gasteiger partial charge in [-0.25, -0.2) is 4.79 Å². The van der Waals surface area contributed by atoms with Gasteiger partial charge in [0.1, 0.15) is 5.75 Å². The van der Waals surface area contributed by atoms with E-state index in [2.05, 4.69) is 4.57 Å². The van der Waals surface area contributed by atoms with Gasteiger partial charge in [-0.15, -0.1) is 0 Å². The van der Waals surface area contributed by atoms with E-state index < -0.39 is 11.9 Å². The Kier molecular flexibility index (Phi) is 5.61. The molecule has 1 fully saturated rings. The van der Waals surface area contributed by atoms with Gasteiger partial charge in [0.15, 0.2) is 6.29 Å². The van der Waals surface area contributed by atoms with Crippen LogP contribution in [0.15, 0.2) is 42.5 Å². The highest BCUT2D eigenvalue weighted by Crippen LogP contribution is 2.41. The maximum absolute atomic E-state index is 13.1. The summed E-state index contributed by atoms with van der Waals surface area (Å²) in [5.74, 6) is 0.180. The summed E-state index contributed by atoms with van der Waals surface area (Å²) in [6, 6.07) is 13.3. The number of rotatable bonds is 5. The molecule has 2 aliphatic rings. The number of nitrogens with zero attached hydrogens (tertiary/aromatic N) is 3. The summed E-state index contributed by atoms with van der Waals surface area (Å²) in [5.41, 5.74) is 4.18. The second-order valence-corrected chi connectivity index (χ2v) is 10.3. The van der Waals surface area contributed by atoms with Gasteiger partial charge in [0.2, 0.25) is 5.91 Å². The first kappa shape index (κ1) is 23.4. The monoisotopic (exact) mass is 477 g/mol. The lowest BCUT2D eigenvalue weighted by Crippen LogP contribution is -2.56. The average Bonchev–Trinajstić information content (AvgIpc) is 3.13. The van der Waals surface area contributed by atoms with Crippen LogP contribution < -0.4 is 4.74 Å². The number of benzene rings is 2. The van der Waals surface area contributed by atoms with Crippen LogP contribution in [0.25, 0.3) is 10.9 Å². The quantitative estimate of drug-likeness (QED) is 0.562. The summed E-state index contributed by atoms with van der Waals surface area (Å²) >= 11 is 0. The minimum atomic E-state index is -1.00. The molecule has 3 amide bonds. The van der Waals surface area contributed by atoms with Gasteiger partial charge in [-0.2, -0.15) is 0 Å². The van der Waals surface area contributed by atoms with E-state index in [0.717, 1.165) is 33.5 Å². The molecule has 1 saturated heterocycles. The number of ether oxygens (including phenoxy) is 2. The number of hydrogen-bond acceptors (Lipinski definition) is 5. The normalized spacial score (nSPS) is 18.7. The predicted molar refractivity (Wildman–Crippen MR) is 131 cm³/mol.